The van der Waals surface area contributed by atoms with E-state index in [1.54, 1.807) is 4.90 Å². The Morgan fingerprint density at radius 3 is 2.93 bits per heavy atom. The molecule has 0 aromatic rings. The summed E-state index contributed by atoms with van der Waals surface area (Å²) in [6.07, 6.45) is 0.601. The molecular weight excluding hydrogens is 196 g/mol. The average Bonchev–Trinajstić information content (AvgIpc) is 2.23. The number of aliphatic hydroxyl groups is 1. The van der Waals surface area contributed by atoms with Crippen LogP contribution in [0.15, 0.2) is 0 Å². The van der Waals surface area contributed by atoms with E-state index < -0.39 is 0 Å². The topological polar surface area (TPSA) is 61.8 Å². The van der Waals surface area contributed by atoms with Crippen LogP contribution in [0.1, 0.15) is 6.42 Å². The number of morpholine rings is 1. The number of carbonyl (C=O) groups is 1. The quantitative estimate of drug-likeness (QED) is 0.620. The summed E-state index contributed by atoms with van der Waals surface area (Å²) in [6, 6.07) is -0.140. The van der Waals surface area contributed by atoms with Crippen LogP contribution in [0.5, 0.6) is 0 Å². The summed E-state index contributed by atoms with van der Waals surface area (Å²) >= 11 is 0. The standard InChI is InChI=1S/C10H18N2O3/c13-6-9-7-15-2-1-12(9)10(14)3-8-4-11-5-8/h8-9,11,13H,1-7H2. The molecule has 2 heterocycles. The molecular formula is C10H18N2O3. The van der Waals surface area contributed by atoms with Crippen molar-refractivity contribution in [1.29, 1.82) is 0 Å². The Morgan fingerprint density at radius 2 is 2.33 bits per heavy atom. The molecule has 2 aliphatic rings. The maximum atomic E-state index is 11.9. The summed E-state index contributed by atoms with van der Waals surface area (Å²) in [4.78, 5) is 13.7. The first-order valence-electron chi connectivity index (χ1n) is 5.50. The van der Waals surface area contributed by atoms with Crippen molar-refractivity contribution in [2.45, 2.75) is 12.5 Å². The lowest BCUT2D eigenvalue weighted by molar-refractivity contribution is -0.143. The van der Waals surface area contributed by atoms with E-state index in [4.69, 9.17) is 9.84 Å². The fourth-order valence-electron chi connectivity index (χ4n) is 1.99. The summed E-state index contributed by atoms with van der Waals surface area (Å²) in [6.45, 7) is 3.55. The summed E-state index contributed by atoms with van der Waals surface area (Å²) in [5.41, 5.74) is 0. The highest BCUT2D eigenvalue weighted by atomic mass is 16.5. The van der Waals surface area contributed by atoms with Crippen LogP contribution in [-0.4, -0.2) is 61.4 Å². The van der Waals surface area contributed by atoms with Crippen molar-refractivity contribution in [3.8, 4) is 0 Å². The van der Waals surface area contributed by atoms with Crippen molar-refractivity contribution in [3.63, 3.8) is 0 Å². The number of hydrogen-bond acceptors (Lipinski definition) is 4. The fraction of sp³-hybridized carbons (Fsp3) is 0.900. The smallest absolute Gasteiger partial charge is 0.223 e. The molecule has 1 amide bonds. The van der Waals surface area contributed by atoms with Crippen molar-refractivity contribution in [3.05, 3.63) is 0 Å². The van der Waals surface area contributed by atoms with Gasteiger partial charge in [-0.2, -0.15) is 0 Å². The van der Waals surface area contributed by atoms with Crippen molar-refractivity contribution in [2.75, 3.05) is 39.5 Å². The predicted molar refractivity (Wildman–Crippen MR) is 54.4 cm³/mol. The minimum absolute atomic E-state index is 0.00530. The molecule has 0 aromatic heterocycles. The third-order valence-electron chi connectivity index (χ3n) is 3.09. The van der Waals surface area contributed by atoms with Gasteiger partial charge in [0.1, 0.15) is 0 Å². The van der Waals surface area contributed by atoms with Crippen molar-refractivity contribution >= 4 is 5.91 Å². The van der Waals surface area contributed by atoms with Crippen LogP contribution in [0, 0.1) is 5.92 Å². The van der Waals surface area contributed by atoms with Crippen molar-refractivity contribution in [1.82, 2.24) is 10.2 Å². The van der Waals surface area contributed by atoms with Crippen LogP contribution in [-0.2, 0) is 9.53 Å². The lowest BCUT2D eigenvalue weighted by atomic mass is 9.98. The molecule has 0 aromatic carbocycles. The molecule has 0 bridgehead atoms. The molecule has 2 saturated heterocycles. The summed E-state index contributed by atoms with van der Waals surface area (Å²) in [7, 11) is 0. The van der Waals surface area contributed by atoms with E-state index in [1.807, 2.05) is 0 Å². The third kappa shape index (κ3) is 2.48. The SMILES string of the molecule is O=C(CC1CNC1)N1CCOCC1CO. The number of rotatable bonds is 3. The third-order valence-corrected chi connectivity index (χ3v) is 3.09. The highest BCUT2D eigenvalue weighted by Crippen LogP contribution is 2.14. The Hall–Kier alpha value is -0.650. The first kappa shape index (κ1) is 10.9. The summed E-state index contributed by atoms with van der Waals surface area (Å²) < 4.78 is 5.23. The Labute approximate surface area is 89.4 Å². The van der Waals surface area contributed by atoms with Gasteiger partial charge in [-0.25, -0.2) is 0 Å². The zero-order chi connectivity index (χ0) is 10.7. The Morgan fingerprint density at radius 1 is 1.53 bits per heavy atom. The van der Waals surface area contributed by atoms with Crippen LogP contribution in [0.25, 0.3) is 0 Å². The largest absolute Gasteiger partial charge is 0.394 e. The van der Waals surface area contributed by atoms with Crippen LogP contribution in [0.3, 0.4) is 0 Å². The van der Waals surface area contributed by atoms with E-state index in [0.717, 1.165) is 13.1 Å². The van der Waals surface area contributed by atoms with Gasteiger partial charge in [0.05, 0.1) is 25.9 Å². The number of ether oxygens (including phenoxy) is 1. The minimum Gasteiger partial charge on any atom is -0.394 e. The maximum absolute atomic E-state index is 11.9. The van der Waals surface area contributed by atoms with Gasteiger partial charge in [-0.1, -0.05) is 0 Å². The normalized spacial score (nSPS) is 27.5. The number of nitrogens with one attached hydrogen (secondary N) is 1. The first-order chi connectivity index (χ1) is 7.31. The van der Waals surface area contributed by atoms with Crippen LogP contribution in [0.4, 0.5) is 0 Å². The van der Waals surface area contributed by atoms with Crippen LogP contribution < -0.4 is 5.32 Å². The van der Waals surface area contributed by atoms with E-state index in [-0.39, 0.29) is 18.6 Å². The second kappa shape index (κ2) is 4.92. The van der Waals surface area contributed by atoms with Gasteiger partial charge in [0.2, 0.25) is 5.91 Å². The lowest BCUT2D eigenvalue weighted by Crippen LogP contribution is -2.52. The maximum Gasteiger partial charge on any atom is 0.223 e. The van der Waals surface area contributed by atoms with E-state index in [9.17, 15) is 4.79 Å². The highest BCUT2D eigenvalue weighted by molar-refractivity contribution is 5.77. The fourth-order valence-corrected chi connectivity index (χ4v) is 1.99. The number of hydrogen-bond donors (Lipinski definition) is 2. The zero-order valence-corrected chi connectivity index (χ0v) is 8.82. The molecule has 1 atom stereocenters. The summed E-state index contributed by atoms with van der Waals surface area (Å²) in [5.74, 6) is 0.642. The molecule has 15 heavy (non-hydrogen) atoms. The Kier molecular flexibility index (Phi) is 3.56. The van der Waals surface area contributed by atoms with E-state index in [1.165, 1.54) is 0 Å². The van der Waals surface area contributed by atoms with Crippen molar-refractivity contribution in [2.24, 2.45) is 5.92 Å². The van der Waals surface area contributed by atoms with Crippen LogP contribution >= 0.6 is 0 Å². The number of aliphatic hydroxyl groups excluding tert-OH is 1. The lowest BCUT2D eigenvalue weighted by Gasteiger charge is -2.36. The Bertz CT molecular complexity index is 231. The molecule has 5 nitrogen and oxygen atoms in total. The molecule has 1 unspecified atom stereocenters. The number of amides is 1. The van der Waals surface area contributed by atoms with E-state index in [0.29, 0.717) is 32.1 Å². The minimum atomic E-state index is -0.140. The second-order valence-corrected chi connectivity index (χ2v) is 4.23. The Balaban J connectivity index is 1.85. The molecule has 86 valence electrons. The molecule has 5 heteroatoms. The molecule has 2 rings (SSSR count). The first-order valence-corrected chi connectivity index (χ1v) is 5.50. The molecule has 0 saturated carbocycles. The second-order valence-electron chi connectivity index (χ2n) is 4.23. The van der Waals surface area contributed by atoms with Gasteiger partial charge in [-0.05, 0) is 19.0 Å². The molecule has 0 radical (unpaired) electrons. The average molecular weight is 214 g/mol. The number of nitrogens with zero attached hydrogens (tertiary/aromatic N) is 1. The molecule has 0 aliphatic carbocycles. The van der Waals surface area contributed by atoms with Gasteiger partial charge in [-0.3, -0.25) is 4.79 Å². The molecule has 2 aliphatic heterocycles. The molecule has 0 spiro atoms. The van der Waals surface area contributed by atoms with E-state index in [2.05, 4.69) is 5.32 Å². The van der Waals surface area contributed by atoms with E-state index >= 15 is 0 Å². The van der Waals surface area contributed by atoms with Crippen molar-refractivity contribution < 1.29 is 14.6 Å². The molecule has 2 N–H and O–H groups in total. The monoisotopic (exact) mass is 214 g/mol. The summed E-state index contributed by atoms with van der Waals surface area (Å²) in [5, 5.41) is 12.3. The van der Waals surface area contributed by atoms with Gasteiger partial charge in [0.15, 0.2) is 0 Å². The predicted octanol–water partition coefficient (Wildman–Crippen LogP) is -1.18. The number of carbonyl (C=O) groups excluding carboxylic acids is 1. The van der Waals surface area contributed by atoms with Crippen LogP contribution in [0.2, 0.25) is 0 Å². The van der Waals surface area contributed by atoms with Gasteiger partial charge in [0, 0.05) is 13.0 Å². The molecule has 2 fully saturated rings. The zero-order valence-electron chi connectivity index (χ0n) is 8.82. The van der Waals surface area contributed by atoms with Gasteiger partial charge < -0.3 is 20.1 Å². The van der Waals surface area contributed by atoms with Gasteiger partial charge >= 0.3 is 0 Å². The van der Waals surface area contributed by atoms with Gasteiger partial charge in [0.25, 0.3) is 0 Å². The highest BCUT2D eigenvalue weighted by Gasteiger charge is 2.29. The van der Waals surface area contributed by atoms with Gasteiger partial charge in [-0.15, -0.1) is 0 Å².